The van der Waals surface area contributed by atoms with Crippen molar-refractivity contribution in [1.82, 2.24) is 15.2 Å². The minimum atomic E-state index is 0.208. The number of nitrogen functional groups attached to an aromatic ring is 1. The van der Waals surface area contributed by atoms with Gasteiger partial charge in [-0.25, -0.2) is 4.98 Å². The van der Waals surface area contributed by atoms with Gasteiger partial charge in [0.05, 0.1) is 0 Å². The van der Waals surface area contributed by atoms with Gasteiger partial charge in [-0.1, -0.05) is 6.07 Å². The van der Waals surface area contributed by atoms with Crippen LogP contribution in [0, 0.1) is 0 Å². The van der Waals surface area contributed by atoms with Crippen LogP contribution in [0.15, 0.2) is 18.3 Å². The number of aromatic nitrogens is 1. The molecule has 2 rings (SSSR count). The molecule has 4 heteroatoms. The second-order valence-electron chi connectivity index (χ2n) is 5.00. The summed E-state index contributed by atoms with van der Waals surface area (Å²) >= 11 is 0. The first kappa shape index (κ1) is 11.4. The third-order valence-corrected chi connectivity index (χ3v) is 3.19. The smallest absolute Gasteiger partial charge is 0.123 e. The van der Waals surface area contributed by atoms with Gasteiger partial charge >= 0.3 is 0 Å². The molecule has 0 aromatic carbocycles. The van der Waals surface area contributed by atoms with Crippen LogP contribution in [0.1, 0.15) is 19.4 Å². The Bertz CT molecular complexity index is 345. The fraction of sp³-hybridized carbons (Fsp3) is 0.583. The van der Waals surface area contributed by atoms with Gasteiger partial charge in [-0.2, -0.15) is 0 Å². The normalized spacial score (nSPS) is 20.9. The van der Waals surface area contributed by atoms with Gasteiger partial charge in [-0.3, -0.25) is 4.90 Å². The van der Waals surface area contributed by atoms with Crippen molar-refractivity contribution in [3.05, 3.63) is 23.9 Å². The zero-order valence-electron chi connectivity index (χ0n) is 10.0. The van der Waals surface area contributed by atoms with Gasteiger partial charge < -0.3 is 11.1 Å². The van der Waals surface area contributed by atoms with Gasteiger partial charge in [0, 0.05) is 37.9 Å². The molecular formula is C12H20N4. The van der Waals surface area contributed by atoms with Crippen molar-refractivity contribution in [2.75, 3.05) is 25.4 Å². The Balaban J connectivity index is 2.05. The average molecular weight is 220 g/mol. The Kier molecular flexibility index (Phi) is 3.12. The van der Waals surface area contributed by atoms with Crippen LogP contribution in [-0.4, -0.2) is 35.1 Å². The monoisotopic (exact) mass is 220 g/mol. The molecule has 0 bridgehead atoms. The van der Waals surface area contributed by atoms with Crippen molar-refractivity contribution in [3.8, 4) is 0 Å². The highest BCUT2D eigenvalue weighted by molar-refractivity contribution is 5.29. The lowest BCUT2D eigenvalue weighted by Crippen LogP contribution is -2.57. The Hall–Kier alpha value is -1.13. The maximum absolute atomic E-state index is 5.58. The number of nitrogens with zero attached hydrogens (tertiary/aromatic N) is 2. The van der Waals surface area contributed by atoms with Crippen molar-refractivity contribution in [1.29, 1.82) is 0 Å². The van der Waals surface area contributed by atoms with E-state index < -0.39 is 0 Å². The number of rotatable bonds is 2. The maximum Gasteiger partial charge on any atom is 0.123 e. The SMILES string of the molecule is CC1(C)CNCCN1Cc1ccc(N)nc1. The molecule has 0 saturated carbocycles. The van der Waals surface area contributed by atoms with E-state index in [0.717, 1.165) is 26.2 Å². The summed E-state index contributed by atoms with van der Waals surface area (Å²) in [5, 5.41) is 3.42. The highest BCUT2D eigenvalue weighted by atomic mass is 15.2. The first-order valence-electron chi connectivity index (χ1n) is 5.74. The first-order valence-corrected chi connectivity index (χ1v) is 5.74. The minimum absolute atomic E-state index is 0.208. The van der Waals surface area contributed by atoms with Crippen LogP contribution in [0.4, 0.5) is 5.82 Å². The van der Waals surface area contributed by atoms with Crippen LogP contribution in [0.5, 0.6) is 0 Å². The molecule has 1 aromatic rings. The summed E-state index contributed by atoms with van der Waals surface area (Å²) in [5.74, 6) is 0.586. The van der Waals surface area contributed by atoms with Crippen LogP contribution in [-0.2, 0) is 6.54 Å². The Morgan fingerprint density at radius 2 is 2.31 bits per heavy atom. The molecule has 16 heavy (non-hydrogen) atoms. The Morgan fingerprint density at radius 3 is 2.94 bits per heavy atom. The predicted molar refractivity (Wildman–Crippen MR) is 66.0 cm³/mol. The van der Waals surface area contributed by atoms with Crippen molar-refractivity contribution in [2.45, 2.75) is 25.9 Å². The molecular weight excluding hydrogens is 200 g/mol. The third kappa shape index (κ3) is 2.51. The molecule has 0 unspecified atom stereocenters. The Labute approximate surface area is 96.8 Å². The molecule has 88 valence electrons. The van der Waals surface area contributed by atoms with Crippen molar-refractivity contribution in [3.63, 3.8) is 0 Å². The molecule has 0 aliphatic carbocycles. The summed E-state index contributed by atoms with van der Waals surface area (Å²) in [5.41, 5.74) is 7.01. The number of anilines is 1. The second-order valence-corrected chi connectivity index (χ2v) is 5.00. The topological polar surface area (TPSA) is 54.2 Å². The summed E-state index contributed by atoms with van der Waals surface area (Å²) < 4.78 is 0. The van der Waals surface area contributed by atoms with E-state index in [1.165, 1.54) is 5.56 Å². The fourth-order valence-electron chi connectivity index (χ4n) is 2.07. The van der Waals surface area contributed by atoms with E-state index in [2.05, 4.69) is 35.1 Å². The van der Waals surface area contributed by atoms with Crippen molar-refractivity contribution < 1.29 is 0 Å². The van der Waals surface area contributed by atoms with E-state index >= 15 is 0 Å². The molecule has 4 nitrogen and oxygen atoms in total. The predicted octanol–water partition coefficient (Wildman–Crippen LogP) is 0.848. The number of piperazine rings is 1. The Morgan fingerprint density at radius 1 is 1.50 bits per heavy atom. The molecule has 2 heterocycles. The minimum Gasteiger partial charge on any atom is -0.384 e. The van der Waals surface area contributed by atoms with Gasteiger partial charge in [0.15, 0.2) is 0 Å². The number of nitrogens with two attached hydrogens (primary N) is 1. The lowest BCUT2D eigenvalue weighted by Gasteiger charge is -2.42. The molecule has 1 aromatic heterocycles. The fourth-order valence-corrected chi connectivity index (χ4v) is 2.07. The molecule has 1 aliphatic rings. The lowest BCUT2D eigenvalue weighted by atomic mass is 9.99. The standard InChI is InChI=1S/C12H20N4/c1-12(2)9-14-5-6-16(12)8-10-3-4-11(13)15-7-10/h3-4,7,14H,5-6,8-9H2,1-2H3,(H2,13,15). The van der Waals surface area contributed by atoms with Crippen LogP contribution in [0.3, 0.4) is 0 Å². The van der Waals surface area contributed by atoms with Gasteiger partial charge in [-0.15, -0.1) is 0 Å². The highest BCUT2D eigenvalue weighted by Gasteiger charge is 2.29. The number of pyridine rings is 1. The molecule has 1 saturated heterocycles. The van der Waals surface area contributed by atoms with Gasteiger partial charge in [0.2, 0.25) is 0 Å². The molecule has 1 aliphatic heterocycles. The van der Waals surface area contributed by atoms with Crippen LogP contribution in [0.25, 0.3) is 0 Å². The van der Waals surface area contributed by atoms with E-state index in [-0.39, 0.29) is 5.54 Å². The van der Waals surface area contributed by atoms with E-state index in [9.17, 15) is 0 Å². The van der Waals surface area contributed by atoms with Gasteiger partial charge in [0.25, 0.3) is 0 Å². The van der Waals surface area contributed by atoms with Crippen LogP contribution in [0.2, 0.25) is 0 Å². The lowest BCUT2D eigenvalue weighted by molar-refractivity contribution is 0.0827. The van der Waals surface area contributed by atoms with E-state index in [1.807, 2.05) is 12.3 Å². The van der Waals surface area contributed by atoms with Crippen LogP contribution >= 0.6 is 0 Å². The largest absolute Gasteiger partial charge is 0.384 e. The molecule has 3 N–H and O–H groups in total. The zero-order valence-corrected chi connectivity index (χ0v) is 10.0. The first-order chi connectivity index (χ1) is 7.58. The molecule has 0 spiro atoms. The molecule has 0 atom stereocenters. The zero-order chi connectivity index (χ0) is 11.6. The van der Waals surface area contributed by atoms with E-state index in [1.54, 1.807) is 0 Å². The maximum atomic E-state index is 5.58. The van der Waals surface area contributed by atoms with E-state index in [0.29, 0.717) is 5.82 Å². The van der Waals surface area contributed by atoms with Crippen LogP contribution < -0.4 is 11.1 Å². The number of nitrogens with one attached hydrogen (secondary N) is 1. The molecule has 0 amide bonds. The van der Waals surface area contributed by atoms with Gasteiger partial charge in [-0.05, 0) is 25.5 Å². The highest BCUT2D eigenvalue weighted by Crippen LogP contribution is 2.19. The quantitative estimate of drug-likeness (QED) is 0.776. The molecule has 1 fully saturated rings. The number of hydrogen-bond acceptors (Lipinski definition) is 4. The third-order valence-electron chi connectivity index (χ3n) is 3.19. The average Bonchev–Trinajstić information content (AvgIpc) is 2.24. The van der Waals surface area contributed by atoms with E-state index in [4.69, 9.17) is 5.73 Å². The second kappa shape index (κ2) is 4.39. The number of hydrogen-bond donors (Lipinski definition) is 2. The summed E-state index contributed by atoms with van der Waals surface area (Å²) in [4.78, 5) is 6.61. The molecule has 0 radical (unpaired) electrons. The van der Waals surface area contributed by atoms with Gasteiger partial charge in [0.1, 0.15) is 5.82 Å². The summed E-state index contributed by atoms with van der Waals surface area (Å²) in [6.07, 6.45) is 1.87. The summed E-state index contributed by atoms with van der Waals surface area (Å²) in [6.45, 7) is 8.66. The summed E-state index contributed by atoms with van der Waals surface area (Å²) in [6, 6.07) is 3.92. The summed E-state index contributed by atoms with van der Waals surface area (Å²) in [7, 11) is 0. The van der Waals surface area contributed by atoms with Crippen molar-refractivity contribution in [2.24, 2.45) is 0 Å². The van der Waals surface area contributed by atoms with Crippen molar-refractivity contribution >= 4 is 5.82 Å².